The molecule has 0 heterocycles. The van der Waals surface area contributed by atoms with Gasteiger partial charge in [-0.2, -0.15) is 0 Å². The summed E-state index contributed by atoms with van der Waals surface area (Å²) in [6.07, 6.45) is 7.88. The van der Waals surface area contributed by atoms with Crippen molar-refractivity contribution in [3.8, 4) is 0 Å². The first-order valence-electron chi connectivity index (χ1n) is 5.11. The summed E-state index contributed by atoms with van der Waals surface area (Å²) in [4.78, 5) is 0. The molecule has 12 heavy (non-hydrogen) atoms. The van der Waals surface area contributed by atoms with Crippen molar-refractivity contribution in [2.24, 2.45) is 0 Å². The van der Waals surface area contributed by atoms with Gasteiger partial charge in [-0.3, -0.25) is 0 Å². The van der Waals surface area contributed by atoms with Gasteiger partial charge in [-0.15, -0.1) is 0 Å². The van der Waals surface area contributed by atoms with Crippen molar-refractivity contribution < 1.29 is 4.43 Å². The molecule has 0 saturated carbocycles. The smallest absolute Gasteiger partial charge is 0.246 e. The molecule has 0 aliphatic heterocycles. The first-order chi connectivity index (χ1) is 5.83. The standard InChI is InChI=1S/C6H14.C4H9OSi/c1-3-5-6-4-2;1-2-3-4-5-6/h3-6H2,1-2H3;2-4H2,1H3. The molecule has 2 heteroatoms. The first kappa shape index (κ1) is 14.7. The Labute approximate surface area is 81.4 Å². The molecule has 0 rings (SSSR count). The van der Waals surface area contributed by atoms with Crippen LogP contribution in [0.2, 0.25) is 0 Å². The molecule has 0 atom stereocenters. The van der Waals surface area contributed by atoms with Crippen LogP contribution >= 0.6 is 0 Å². The van der Waals surface area contributed by atoms with Gasteiger partial charge in [0.15, 0.2) is 0 Å². The highest BCUT2D eigenvalue weighted by atomic mass is 28.2. The first-order valence-corrected chi connectivity index (χ1v) is 5.52. The topological polar surface area (TPSA) is 9.23 Å². The Bertz CT molecular complexity index is 41.8. The zero-order chi connectivity index (χ0) is 9.66. The fourth-order valence-electron chi connectivity index (χ4n) is 0.717. The molecule has 3 radical (unpaired) electrons. The molecule has 0 aromatic rings. The van der Waals surface area contributed by atoms with Crippen molar-refractivity contribution in [2.45, 2.75) is 59.3 Å². The van der Waals surface area contributed by atoms with Crippen molar-refractivity contribution in [1.82, 2.24) is 0 Å². The van der Waals surface area contributed by atoms with Crippen LogP contribution in [0.5, 0.6) is 0 Å². The molecule has 1 nitrogen and oxygen atoms in total. The van der Waals surface area contributed by atoms with Crippen molar-refractivity contribution >= 4 is 10.5 Å². The van der Waals surface area contributed by atoms with Crippen molar-refractivity contribution in [3.05, 3.63) is 0 Å². The Morgan fingerprint density at radius 2 is 1.25 bits per heavy atom. The lowest BCUT2D eigenvalue weighted by atomic mass is 10.2. The summed E-state index contributed by atoms with van der Waals surface area (Å²) in [5.41, 5.74) is 0. The van der Waals surface area contributed by atoms with Crippen LogP contribution in [0.15, 0.2) is 0 Å². The van der Waals surface area contributed by atoms with E-state index in [1.165, 1.54) is 32.1 Å². The van der Waals surface area contributed by atoms with E-state index in [-0.39, 0.29) is 0 Å². The Kier molecular flexibility index (Phi) is 21.2. The molecule has 0 aliphatic rings. The minimum atomic E-state index is 0.827. The van der Waals surface area contributed by atoms with Gasteiger partial charge >= 0.3 is 0 Å². The fourth-order valence-corrected chi connectivity index (χ4v) is 0.861. The minimum absolute atomic E-state index is 0.827. The highest BCUT2D eigenvalue weighted by molar-refractivity contribution is 5.97. The summed E-state index contributed by atoms with van der Waals surface area (Å²) in [6.45, 7) is 7.42. The van der Waals surface area contributed by atoms with Gasteiger partial charge in [0.2, 0.25) is 10.5 Å². The van der Waals surface area contributed by atoms with E-state index in [9.17, 15) is 0 Å². The molecule has 0 saturated heterocycles. The maximum atomic E-state index is 4.59. The van der Waals surface area contributed by atoms with Gasteiger partial charge in [0, 0.05) is 6.61 Å². The van der Waals surface area contributed by atoms with E-state index >= 15 is 0 Å². The van der Waals surface area contributed by atoms with Gasteiger partial charge in [-0.05, 0) is 6.42 Å². The third-order valence-electron chi connectivity index (χ3n) is 1.56. The van der Waals surface area contributed by atoms with Crippen molar-refractivity contribution in [3.63, 3.8) is 0 Å². The number of hydrogen-bond acceptors (Lipinski definition) is 1. The van der Waals surface area contributed by atoms with Crippen LogP contribution in [0.25, 0.3) is 0 Å². The maximum Gasteiger partial charge on any atom is 0.246 e. The molecule has 0 amide bonds. The highest BCUT2D eigenvalue weighted by Crippen LogP contribution is 1.95. The van der Waals surface area contributed by atoms with E-state index in [4.69, 9.17) is 0 Å². The quantitative estimate of drug-likeness (QED) is 0.457. The third-order valence-corrected chi connectivity index (χ3v) is 1.76. The average molecular weight is 187 g/mol. The second kappa shape index (κ2) is 17.3. The maximum absolute atomic E-state index is 4.59. The molecule has 0 N–H and O–H groups in total. The van der Waals surface area contributed by atoms with Crippen LogP contribution in [0.4, 0.5) is 0 Å². The van der Waals surface area contributed by atoms with E-state index in [0.29, 0.717) is 0 Å². The van der Waals surface area contributed by atoms with Crippen LogP contribution in [0.3, 0.4) is 0 Å². The molecular formula is C10H23OSi. The molecule has 0 spiro atoms. The summed E-state index contributed by atoms with van der Waals surface area (Å²) in [5, 5.41) is 0. The van der Waals surface area contributed by atoms with Crippen LogP contribution in [-0.2, 0) is 4.43 Å². The molecule has 73 valence electrons. The predicted octanol–water partition coefficient (Wildman–Crippen LogP) is 3.47. The van der Waals surface area contributed by atoms with Gasteiger partial charge < -0.3 is 4.43 Å². The Morgan fingerprint density at radius 3 is 1.42 bits per heavy atom. The molecule has 0 aliphatic carbocycles. The van der Waals surface area contributed by atoms with E-state index in [0.717, 1.165) is 13.0 Å². The highest BCUT2D eigenvalue weighted by Gasteiger charge is 1.75. The second-order valence-corrected chi connectivity index (χ2v) is 3.20. The number of unbranched alkanes of at least 4 members (excludes halogenated alkanes) is 4. The molecule has 0 aromatic heterocycles. The van der Waals surface area contributed by atoms with Gasteiger partial charge in [0.05, 0.1) is 0 Å². The predicted molar refractivity (Wildman–Crippen MR) is 56.4 cm³/mol. The molecule has 0 bridgehead atoms. The minimum Gasteiger partial charge on any atom is -0.419 e. The summed E-state index contributed by atoms with van der Waals surface area (Å²) in [5.74, 6) is 0. The lowest BCUT2D eigenvalue weighted by molar-refractivity contribution is 0.339. The lowest BCUT2D eigenvalue weighted by Crippen LogP contribution is -1.85. The lowest BCUT2D eigenvalue weighted by Gasteiger charge is -1.89. The van der Waals surface area contributed by atoms with E-state index in [1.54, 1.807) is 0 Å². The zero-order valence-electron chi connectivity index (χ0n) is 8.86. The summed E-state index contributed by atoms with van der Waals surface area (Å²) >= 11 is 0. The average Bonchev–Trinajstić information content (AvgIpc) is 2.12. The fraction of sp³-hybridized carbons (Fsp3) is 1.00. The monoisotopic (exact) mass is 187 g/mol. The van der Waals surface area contributed by atoms with E-state index in [2.05, 4.69) is 35.7 Å². The largest absolute Gasteiger partial charge is 0.419 e. The van der Waals surface area contributed by atoms with Gasteiger partial charge in [-0.1, -0.05) is 52.9 Å². The third kappa shape index (κ3) is 22.5. The van der Waals surface area contributed by atoms with Crippen molar-refractivity contribution in [2.75, 3.05) is 6.61 Å². The van der Waals surface area contributed by atoms with E-state index in [1.807, 2.05) is 0 Å². The van der Waals surface area contributed by atoms with Gasteiger partial charge in [0.25, 0.3) is 0 Å². The number of hydrogen-bond donors (Lipinski definition) is 0. The van der Waals surface area contributed by atoms with Crippen LogP contribution in [0.1, 0.15) is 59.3 Å². The molecular weight excluding hydrogens is 164 g/mol. The molecule has 0 fully saturated rings. The van der Waals surface area contributed by atoms with Gasteiger partial charge in [0.1, 0.15) is 0 Å². The van der Waals surface area contributed by atoms with Crippen LogP contribution in [-0.4, -0.2) is 17.1 Å². The van der Waals surface area contributed by atoms with E-state index < -0.39 is 0 Å². The second-order valence-electron chi connectivity index (χ2n) is 2.91. The van der Waals surface area contributed by atoms with Gasteiger partial charge in [-0.25, -0.2) is 0 Å². The van der Waals surface area contributed by atoms with Crippen LogP contribution < -0.4 is 0 Å². The zero-order valence-corrected chi connectivity index (χ0v) is 9.86. The normalized spacial score (nSPS) is 9.00. The number of rotatable bonds is 6. The van der Waals surface area contributed by atoms with Crippen molar-refractivity contribution in [1.29, 1.82) is 0 Å². The Hall–Kier alpha value is 0.177. The summed E-state index contributed by atoms with van der Waals surface area (Å²) in [6, 6.07) is 0. The van der Waals surface area contributed by atoms with Crippen LogP contribution in [0, 0.1) is 0 Å². The Morgan fingerprint density at radius 1 is 0.833 bits per heavy atom. The summed E-state index contributed by atoms with van der Waals surface area (Å²) in [7, 11) is 2.89. The summed E-state index contributed by atoms with van der Waals surface area (Å²) < 4.78 is 4.59. The Balaban J connectivity index is 0. The molecule has 0 aromatic carbocycles. The SMILES string of the molecule is CCCCCC.CCCCO[Si]. The molecule has 0 unspecified atom stereocenters.